The highest BCUT2D eigenvalue weighted by atomic mass is 19.3. The van der Waals surface area contributed by atoms with Crippen molar-refractivity contribution in [3.8, 4) is 11.5 Å². The molecule has 3 rings (SSSR count). The topological polar surface area (TPSA) is 63.8 Å². The van der Waals surface area contributed by atoms with Crippen molar-refractivity contribution < 1.29 is 13.3 Å². The van der Waals surface area contributed by atoms with Crippen LogP contribution in [-0.4, -0.2) is 28.2 Å². The standard InChI is InChI=1S/C15H18F2N4O/c1-2-10-3-8-19-12(9-10)13-20-14(22-21-13)15(16,17)11-4-6-18-7-5-11/h3,8-9,11,18H,2,4-7H2,1H3. The third kappa shape index (κ3) is 2.85. The zero-order chi connectivity index (χ0) is 15.6. The Hall–Kier alpha value is -1.89. The van der Waals surface area contributed by atoms with E-state index >= 15 is 0 Å². The Morgan fingerprint density at radius 2 is 2.14 bits per heavy atom. The van der Waals surface area contributed by atoms with E-state index in [2.05, 4.69) is 20.4 Å². The molecule has 118 valence electrons. The number of nitrogens with zero attached hydrogens (tertiary/aromatic N) is 3. The first-order valence-corrected chi connectivity index (χ1v) is 7.49. The highest BCUT2D eigenvalue weighted by Crippen LogP contribution is 2.40. The summed E-state index contributed by atoms with van der Waals surface area (Å²) in [6.07, 6.45) is 3.24. The minimum absolute atomic E-state index is 0.110. The normalized spacial score (nSPS) is 16.9. The maximum absolute atomic E-state index is 14.5. The molecule has 0 saturated carbocycles. The van der Waals surface area contributed by atoms with E-state index < -0.39 is 17.7 Å². The minimum Gasteiger partial charge on any atom is -0.332 e. The number of hydrogen-bond donors (Lipinski definition) is 1. The Kier molecular flexibility index (Phi) is 4.15. The second-order valence-corrected chi connectivity index (χ2v) is 5.47. The van der Waals surface area contributed by atoms with E-state index in [1.807, 2.05) is 13.0 Å². The number of rotatable bonds is 4. The van der Waals surface area contributed by atoms with Gasteiger partial charge >= 0.3 is 5.92 Å². The Morgan fingerprint density at radius 3 is 2.86 bits per heavy atom. The van der Waals surface area contributed by atoms with Crippen LogP contribution in [0.25, 0.3) is 11.5 Å². The Morgan fingerprint density at radius 1 is 1.36 bits per heavy atom. The van der Waals surface area contributed by atoms with Crippen LogP contribution in [0.2, 0.25) is 0 Å². The summed E-state index contributed by atoms with van der Waals surface area (Å²) >= 11 is 0. The summed E-state index contributed by atoms with van der Waals surface area (Å²) in [5.74, 6) is -4.37. The van der Waals surface area contributed by atoms with Gasteiger partial charge in [-0.25, -0.2) is 0 Å². The van der Waals surface area contributed by atoms with Crippen LogP contribution >= 0.6 is 0 Å². The Labute approximate surface area is 127 Å². The molecule has 7 heteroatoms. The highest BCUT2D eigenvalue weighted by Gasteiger charge is 2.46. The van der Waals surface area contributed by atoms with E-state index in [9.17, 15) is 8.78 Å². The fourth-order valence-electron chi connectivity index (χ4n) is 2.64. The zero-order valence-corrected chi connectivity index (χ0v) is 12.4. The lowest BCUT2D eigenvalue weighted by molar-refractivity contribution is -0.0993. The largest absolute Gasteiger partial charge is 0.332 e. The number of hydrogen-bond acceptors (Lipinski definition) is 5. The first-order valence-electron chi connectivity index (χ1n) is 7.49. The smallest absolute Gasteiger partial charge is 0.327 e. The van der Waals surface area contributed by atoms with Crippen molar-refractivity contribution in [1.29, 1.82) is 0 Å². The van der Waals surface area contributed by atoms with E-state index in [4.69, 9.17) is 4.52 Å². The molecule has 1 aliphatic heterocycles. The molecule has 0 spiro atoms. The lowest BCUT2D eigenvalue weighted by atomic mass is 9.91. The molecule has 5 nitrogen and oxygen atoms in total. The van der Waals surface area contributed by atoms with Crippen molar-refractivity contribution in [2.24, 2.45) is 5.92 Å². The van der Waals surface area contributed by atoms with Gasteiger partial charge in [-0.1, -0.05) is 12.1 Å². The second kappa shape index (κ2) is 6.08. The van der Waals surface area contributed by atoms with E-state index in [0.29, 0.717) is 31.6 Å². The van der Waals surface area contributed by atoms with Gasteiger partial charge in [-0.15, -0.1) is 0 Å². The van der Waals surface area contributed by atoms with Crippen molar-refractivity contribution in [2.45, 2.75) is 32.1 Å². The van der Waals surface area contributed by atoms with Crippen molar-refractivity contribution in [1.82, 2.24) is 20.4 Å². The van der Waals surface area contributed by atoms with Gasteiger partial charge in [0.25, 0.3) is 5.89 Å². The Bertz CT molecular complexity index is 638. The van der Waals surface area contributed by atoms with E-state index in [0.717, 1.165) is 12.0 Å². The quantitative estimate of drug-likeness (QED) is 0.941. The molecule has 1 saturated heterocycles. The molecule has 2 aromatic rings. The van der Waals surface area contributed by atoms with E-state index in [1.165, 1.54) is 0 Å². The van der Waals surface area contributed by atoms with Crippen molar-refractivity contribution in [3.63, 3.8) is 0 Å². The average molecular weight is 308 g/mol. The van der Waals surface area contributed by atoms with Crippen LogP contribution < -0.4 is 5.32 Å². The van der Waals surface area contributed by atoms with Crippen LogP contribution in [0.3, 0.4) is 0 Å². The van der Waals surface area contributed by atoms with Crippen LogP contribution in [0, 0.1) is 5.92 Å². The number of aromatic nitrogens is 3. The average Bonchev–Trinajstić information content (AvgIpc) is 3.06. The van der Waals surface area contributed by atoms with Gasteiger partial charge in [0.2, 0.25) is 5.82 Å². The number of halogens is 2. The number of piperidine rings is 1. The van der Waals surface area contributed by atoms with Crippen LogP contribution in [0.1, 0.15) is 31.2 Å². The van der Waals surface area contributed by atoms with Crippen LogP contribution in [0.15, 0.2) is 22.9 Å². The summed E-state index contributed by atoms with van der Waals surface area (Å²) in [5, 5.41) is 6.75. The summed E-state index contributed by atoms with van der Waals surface area (Å²) in [5.41, 5.74) is 1.50. The molecular weight excluding hydrogens is 290 g/mol. The predicted molar refractivity (Wildman–Crippen MR) is 76.4 cm³/mol. The van der Waals surface area contributed by atoms with Crippen molar-refractivity contribution in [3.05, 3.63) is 29.8 Å². The van der Waals surface area contributed by atoms with E-state index in [-0.39, 0.29) is 5.82 Å². The molecule has 1 N–H and O–H groups in total. The van der Waals surface area contributed by atoms with Crippen molar-refractivity contribution in [2.75, 3.05) is 13.1 Å². The number of aryl methyl sites for hydroxylation is 1. The lowest BCUT2D eigenvalue weighted by Gasteiger charge is -2.27. The minimum atomic E-state index is -3.10. The van der Waals surface area contributed by atoms with Gasteiger partial charge in [0.1, 0.15) is 5.69 Å². The molecule has 0 aliphatic carbocycles. The molecular formula is C15H18F2N4O. The van der Waals surface area contributed by atoms with Gasteiger partial charge in [0.05, 0.1) is 0 Å². The third-order valence-electron chi connectivity index (χ3n) is 4.02. The maximum Gasteiger partial charge on any atom is 0.327 e. The van der Waals surface area contributed by atoms with Gasteiger partial charge in [-0.3, -0.25) is 4.98 Å². The summed E-state index contributed by atoms with van der Waals surface area (Å²) in [7, 11) is 0. The number of pyridine rings is 1. The van der Waals surface area contributed by atoms with Crippen LogP contribution in [0.4, 0.5) is 8.78 Å². The second-order valence-electron chi connectivity index (χ2n) is 5.47. The first-order chi connectivity index (χ1) is 10.6. The maximum atomic E-state index is 14.5. The molecule has 1 aliphatic rings. The molecule has 0 aromatic carbocycles. The monoisotopic (exact) mass is 308 g/mol. The van der Waals surface area contributed by atoms with Gasteiger partial charge < -0.3 is 9.84 Å². The van der Waals surface area contributed by atoms with Gasteiger partial charge in [-0.05, 0) is 50.0 Å². The molecule has 0 atom stereocenters. The SMILES string of the molecule is CCc1ccnc(-c2noc(C(F)(F)C3CCNCC3)n2)c1. The molecule has 0 bridgehead atoms. The fourth-order valence-corrected chi connectivity index (χ4v) is 2.64. The molecule has 3 heterocycles. The number of alkyl halides is 2. The van der Waals surface area contributed by atoms with Crippen molar-refractivity contribution >= 4 is 0 Å². The molecule has 0 radical (unpaired) electrons. The number of nitrogens with one attached hydrogen (secondary N) is 1. The Balaban J connectivity index is 1.86. The van der Waals surface area contributed by atoms with Gasteiger partial charge in [0, 0.05) is 12.1 Å². The highest BCUT2D eigenvalue weighted by molar-refractivity contribution is 5.49. The van der Waals surface area contributed by atoms with Gasteiger partial charge in [-0.2, -0.15) is 13.8 Å². The molecule has 1 fully saturated rings. The van der Waals surface area contributed by atoms with Crippen LogP contribution in [0.5, 0.6) is 0 Å². The third-order valence-corrected chi connectivity index (χ3v) is 4.02. The zero-order valence-electron chi connectivity index (χ0n) is 12.4. The lowest BCUT2D eigenvalue weighted by Crippen LogP contribution is -2.36. The summed E-state index contributed by atoms with van der Waals surface area (Å²) in [4.78, 5) is 8.02. The van der Waals surface area contributed by atoms with E-state index in [1.54, 1.807) is 12.3 Å². The predicted octanol–water partition coefficient (Wildman–Crippen LogP) is 2.79. The molecule has 0 unspecified atom stereocenters. The molecule has 0 amide bonds. The summed E-state index contributed by atoms with van der Waals surface area (Å²) in [6, 6.07) is 3.66. The first kappa shape index (κ1) is 15.0. The summed E-state index contributed by atoms with van der Waals surface area (Å²) < 4.78 is 33.8. The summed E-state index contributed by atoms with van der Waals surface area (Å²) in [6.45, 7) is 3.18. The molecule has 22 heavy (non-hydrogen) atoms. The van der Waals surface area contributed by atoms with Gasteiger partial charge in [0.15, 0.2) is 0 Å². The van der Waals surface area contributed by atoms with Crippen LogP contribution in [-0.2, 0) is 12.3 Å². The molecule has 2 aromatic heterocycles. The fraction of sp³-hybridized carbons (Fsp3) is 0.533.